The summed E-state index contributed by atoms with van der Waals surface area (Å²) in [6, 6.07) is 17.0. The van der Waals surface area contributed by atoms with Gasteiger partial charge in [0.2, 0.25) is 0 Å². The van der Waals surface area contributed by atoms with E-state index in [-0.39, 0.29) is 5.82 Å². The Morgan fingerprint density at radius 1 is 1.04 bits per heavy atom. The lowest BCUT2D eigenvalue weighted by Gasteiger charge is -2.18. The molecule has 5 heteroatoms. The zero-order valence-electron chi connectivity index (χ0n) is 13.8. The van der Waals surface area contributed by atoms with Crippen LogP contribution in [0.1, 0.15) is 11.1 Å². The van der Waals surface area contributed by atoms with E-state index < -0.39 is 0 Å². The van der Waals surface area contributed by atoms with E-state index in [4.69, 9.17) is 0 Å². The van der Waals surface area contributed by atoms with Gasteiger partial charge in [0.25, 0.3) is 0 Å². The summed E-state index contributed by atoms with van der Waals surface area (Å²) in [6.45, 7) is 1.67. The van der Waals surface area contributed by atoms with E-state index in [0.717, 1.165) is 43.1 Å². The molecule has 1 aliphatic rings. The SMILES string of the molecule is Fc1ccc(CCNc2cc(N3CCc4ccccc43)ncn2)cc1. The minimum absolute atomic E-state index is 0.206. The first-order valence-electron chi connectivity index (χ1n) is 8.45. The maximum atomic E-state index is 12.9. The molecule has 3 aromatic rings. The minimum atomic E-state index is -0.206. The Kier molecular flexibility index (Phi) is 4.29. The Morgan fingerprint density at radius 2 is 1.88 bits per heavy atom. The van der Waals surface area contributed by atoms with Crippen LogP contribution in [0.3, 0.4) is 0 Å². The molecule has 1 aliphatic heterocycles. The third-order valence-corrected chi connectivity index (χ3v) is 4.45. The van der Waals surface area contributed by atoms with Crippen LogP contribution in [0, 0.1) is 5.82 Å². The number of anilines is 3. The van der Waals surface area contributed by atoms with E-state index in [1.165, 1.54) is 23.4 Å². The molecule has 0 aliphatic carbocycles. The number of rotatable bonds is 5. The quantitative estimate of drug-likeness (QED) is 0.767. The zero-order chi connectivity index (χ0) is 17.1. The van der Waals surface area contributed by atoms with E-state index in [1.54, 1.807) is 6.33 Å². The number of aromatic nitrogens is 2. The smallest absolute Gasteiger partial charge is 0.138 e. The summed E-state index contributed by atoms with van der Waals surface area (Å²) in [6.07, 6.45) is 3.44. The number of nitrogens with zero attached hydrogens (tertiary/aromatic N) is 3. The molecule has 0 radical (unpaired) electrons. The van der Waals surface area contributed by atoms with Gasteiger partial charge in [-0.3, -0.25) is 0 Å². The van der Waals surface area contributed by atoms with Crippen molar-refractivity contribution >= 4 is 17.3 Å². The second kappa shape index (κ2) is 6.89. The molecule has 25 heavy (non-hydrogen) atoms. The monoisotopic (exact) mass is 334 g/mol. The lowest BCUT2D eigenvalue weighted by Crippen LogP contribution is -2.15. The summed E-state index contributed by atoms with van der Waals surface area (Å²) in [7, 11) is 0. The number of halogens is 1. The lowest BCUT2D eigenvalue weighted by atomic mass is 10.1. The summed E-state index contributed by atoms with van der Waals surface area (Å²) >= 11 is 0. The van der Waals surface area contributed by atoms with Gasteiger partial charge in [0.1, 0.15) is 23.8 Å². The molecule has 0 atom stereocenters. The van der Waals surface area contributed by atoms with Crippen LogP contribution >= 0.6 is 0 Å². The Balaban J connectivity index is 1.43. The molecule has 0 saturated heterocycles. The molecule has 126 valence electrons. The van der Waals surface area contributed by atoms with E-state index in [9.17, 15) is 4.39 Å². The molecule has 0 saturated carbocycles. The predicted molar refractivity (Wildman–Crippen MR) is 97.8 cm³/mol. The number of hydrogen-bond acceptors (Lipinski definition) is 4. The van der Waals surface area contributed by atoms with Gasteiger partial charge in [0.05, 0.1) is 0 Å². The van der Waals surface area contributed by atoms with E-state index in [2.05, 4.69) is 44.5 Å². The van der Waals surface area contributed by atoms with Crippen molar-refractivity contribution in [1.29, 1.82) is 0 Å². The van der Waals surface area contributed by atoms with Gasteiger partial charge >= 0.3 is 0 Å². The Morgan fingerprint density at radius 3 is 2.76 bits per heavy atom. The number of fused-ring (bicyclic) bond motifs is 1. The lowest BCUT2D eigenvalue weighted by molar-refractivity contribution is 0.627. The summed E-state index contributed by atoms with van der Waals surface area (Å²) < 4.78 is 12.9. The topological polar surface area (TPSA) is 41.0 Å². The maximum Gasteiger partial charge on any atom is 0.138 e. The van der Waals surface area contributed by atoms with Gasteiger partial charge in [-0.05, 0) is 42.2 Å². The second-order valence-electron chi connectivity index (χ2n) is 6.10. The van der Waals surface area contributed by atoms with Crippen molar-refractivity contribution in [2.75, 3.05) is 23.3 Å². The fourth-order valence-corrected chi connectivity index (χ4v) is 3.15. The molecule has 4 nitrogen and oxygen atoms in total. The highest BCUT2D eigenvalue weighted by Crippen LogP contribution is 2.33. The average Bonchev–Trinajstić information content (AvgIpc) is 3.08. The molecular weight excluding hydrogens is 315 g/mol. The highest BCUT2D eigenvalue weighted by atomic mass is 19.1. The predicted octanol–water partition coefficient (Wildman–Crippen LogP) is 3.96. The number of nitrogens with one attached hydrogen (secondary N) is 1. The largest absolute Gasteiger partial charge is 0.370 e. The zero-order valence-corrected chi connectivity index (χ0v) is 13.8. The van der Waals surface area contributed by atoms with Crippen molar-refractivity contribution in [3.8, 4) is 0 Å². The molecule has 2 aromatic carbocycles. The van der Waals surface area contributed by atoms with Crippen LogP contribution < -0.4 is 10.2 Å². The van der Waals surface area contributed by atoms with Crippen LogP contribution in [-0.2, 0) is 12.8 Å². The summed E-state index contributed by atoms with van der Waals surface area (Å²) in [5.41, 5.74) is 3.67. The van der Waals surface area contributed by atoms with Crippen LogP contribution in [-0.4, -0.2) is 23.1 Å². The molecule has 2 heterocycles. The molecule has 0 spiro atoms. The van der Waals surface area contributed by atoms with Crippen LogP contribution in [0.4, 0.5) is 21.7 Å². The fraction of sp³-hybridized carbons (Fsp3) is 0.200. The summed E-state index contributed by atoms with van der Waals surface area (Å²) in [4.78, 5) is 11.0. The fourth-order valence-electron chi connectivity index (χ4n) is 3.15. The van der Waals surface area contributed by atoms with Gasteiger partial charge < -0.3 is 10.2 Å². The van der Waals surface area contributed by atoms with Gasteiger partial charge in [-0.2, -0.15) is 0 Å². The molecule has 0 amide bonds. The van der Waals surface area contributed by atoms with Gasteiger partial charge in [0, 0.05) is 24.8 Å². The molecule has 4 rings (SSSR count). The van der Waals surface area contributed by atoms with Crippen LogP contribution in [0.25, 0.3) is 0 Å². The van der Waals surface area contributed by atoms with Crippen molar-refractivity contribution in [2.24, 2.45) is 0 Å². The standard InChI is InChI=1S/C20H19FN4/c21-17-7-5-15(6-8-17)9-11-22-19-13-20(24-14-23-19)25-12-10-16-3-1-2-4-18(16)25/h1-8,13-14H,9-12H2,(H,22,23,24). The van der Waals surface area contributed by atoms with Crippen molar-refractivity contribution in [1.82, 2.24) is 9.97 Å². The molecular formula is C20H19FN4. The second-order valence-corrected chi connectivity index (χ2v) is 6.10. The molecule has 0 bridgehead atoms. The third-order valence-electron chi connectivity index (χ3n) is 4.45. The first-order chi connectivity index (χ1) is 12.3. The van der Waals surface area contributed by atoms with Crippen LogP contribution in [0.15, 0.2) is 60.9 Å². The van der Waals surface area contributed by atoms with E-state index in [1.807, 2.05) is 18.2 Å². The third kappa shape index (κ3) is 3.45. The van der Waals surface area contributed by atoms with E-state index in [0.29, 0.717) is 0 Å². The van der Waals surface area contributed by atoms with Gasteiger partial charge in [-0.15, -0.1) is 0 Å². The summed E-state index contributed by atoms with van der Waals surface area (Å²) in [5.74, 6) is 1.50. The van der Waals surface area contributed by atoms with Crippen molar-refractivity contribution in [3.63, 3.8) is 0 Å². The summed E-state index contributed by atoms with van der Waals surface area (Å²) in [5, 5.41) is 3.32. The number of para-hydroxylation sites is 1. The minimum Gasteiger partial charge on any atom is -0.370 e. The first-order valence-corrected chi connectivity index (χ1v) is 8.45. The molecule has 0 unspecified atom stereocenters. The van der Waals surface area contributed by atoms with Crippen molar-refractivity contribution < 1.29 is 4.39 Å². The van der Waals surface area contributed by atoms with Gasteiger partial charge in [-0.25, -0.2) is 14.4 Å². The van der Waals surface area contributed by atoms with Gasteiger partial charge in [0.15, 0.2) is 0 Å². The van der Waals surface area contributed by atoms with Gasteiger partial charge in [-0.1, -0.05) is 30.3 Å². The number of hydrogen-bond donors (Lipinski definition) is 1. The van der Waals surface area contributed by atoms with Crippen LogP contribution in [0.5, 0.6) is 0 Å². The molecule has 1 aromatic heterocycles. The Bertz CT molecular complexity index is 864. The Hall–Kier alpha value is -2.95. The normalized spacial score (nSPS) is 12.9. The van der Waals surface area contributed by atoms with Crippen molar-refractivity contribution in [2.45, 2.75) is 12.8 Å². The molecule has 0 fully saturated rings. The Labute approximate surface area is 146 Å². The van der Waals surface area contributed by atoms with Crippen LogP contribution in [0.2, 0.25) is 0 Å². The number of benzene rings is 2. The average molecular weight is 334 g/mol. The first kappa shape index (κ1) is 15.6. The van der Waals surface area contributed by atoms with Crippen molar-refractivity contribution in [3.05, 3.63) is 77.9 Å². The maximum absolute atomic E-state index is 12.9. The highest BCUT2D eigenvalue weighted by molar-refractivity contribution is 5.68. The highest BCUT2D eigenvalue weighted by Gasteiger charge is 2.20. The molecule has 1 N–H and O–H groups in total. The van der Waals surface area contributed by atoms with E-state index >= 15 is 0 Å².